The molecule has 0 radical (unpaired) electrons. The first-order chi connectivity index (χ1) is 7.63. The molecule has 0 bridgehead atoms. The number of nitrogens with one attached hydrogen (secondary N) is 1. The number of hydrogen-bond acceptors (Lipinski definition) is 3. The van der Waals surface area contributed by atoms with E-state index in [1.165, 1.54) is 13.2 Å². The van der Waals surface area contributed by atoms with Crippen LogP contribution in [0.3, 0.4) is 0 Å². The first-order valence-corrected chi connectivity index (χ1v) is 5.01. The van der Waals surface area contributed by atoms with Gasteiger partial charge in [-0.25, -0.2) is 4.79 Å². The molecule has 0 aliphatic heterocycles. The van der Waals surface area contributed by atoms with E-state index >= 15 is 0 Å². The summed E-state index contributed by atoms with van der Waals surface area (Å²) >= 11 is 0. The van der Waals surface area contributed by atoms with Crippen LogP contribution in [-0.2, 0) is 16.0 Å². The topological polar surface area (TPSA) is 65.9 Å². The molecule has 0 aromatic carbocycles. The Labute approximate surface area is 94.5 Å². The molecule has 0 amide bonds. The summed E-state index contributed by atoms with van der Waals surface area (Å²) in [7, 11) is 1.26. The first-order valence-electron chi connectivity index (χ1n) is 5.01. The van der Waals surface area contributed by atoms with Crippen molar-refractivity contribution >= 4 is 12.0 Å². The van der Waals surface area contributed by atoms with Crippen molar-refractivity contribution < 1.29 is 9.53 Å². The Balaban J connectivity index is 3.15. The lowest BCUT2D eigenvalue weighted by Gasteiger charge is -1.99. The molecule has 0 aliphatic carbocycles. The van der Waals surface area contributed by atoms with E-state index in [1.807, 2.05) is 26.1 Å². The number of nitrogens with zero attached hydrogens (tertiary/aromatic N) is 1. The standard InChI is InChI=1S/C12H14N2O2/c1-4-10-8(2)7-14-11(10)5-9(6-13)12(15)16-3/h5,7,14H,4H2,1-3H3/b9-5+. The number of carbonyl (C=O) groups excluding carboxylic acids is 1. The van der Waals surface area contributed by atoms with E-state index in [0.29, 0.717) is 0 Å². The predicted octanol–water partition coefficient (Wildman–Crippen LogP) is 1.97. The number of aryl methyl sites for hydroxylation is 1. The number of esters is 1. The van der Waals surface area contributed by atoms with Crippen LogP contribution in [0.25, 0.3) is 6.08 Å². The second-order valence-corrected chi connectivity index (χ2v) is 3.38. The maximum Gasteiger partial charge on any atom is 0.348 e. The van der Waals surface area contributed by atoms with Crippen LogP contribution in [0.2, 0.25) is 0 Å². The molecular formula is C12H14N2O2. The molecule has 0 unspecified atom stereocenters. The maximum atomic E-state index is 11.2. The quantitative estimate of drug-likeness (QED) is 0.479. The fourth-order valence-corrected chi connectivity index (χ4v) is 1.56. The van der Waals surface area contributed by atoms with E-state index in [4.69, 9.17) is 5.26 Å². The van der Waals surface area contributed by atoms with Crippen molar-refractivity contribution in [2.75, 3.05) is 7.11 Å². The lowest BCUT2D eigenvalue weighted by atomic mass is 10.1. The number of carbonyl (C=O) groups is 1. The molecule has 0 saturated carbocycles. The van der Waals surface area contributed by atoms with E-state index in [1.54, 1.807) is 0 Å². The molecule has 1 N–H and O–H groups in total. The van der Waals surface area contributed by atoms with Gasteiger partial charge in [0.2, 0.25) is 0 Å². The normalized spacial score (nSPS) is 11.0. The SMILES string of the molecule is CCc1c(C)c[nH]c1/C=C(\C#N)C(=O)OC. The molecule has 4 nitrogen and oxygen atoms in total. The van der Waals surface area contributed by atoms with Gasteiger partial charge in [-0.15, -0.1) is 0 Å². The van der Waals surface area contributed by atoms with Gasteiger partial charge < -0.3 is 9.72 Å². The fourth-order valence-electron chi connectivity index (χ4n) is 1.56. The number of ether oxygens (including phenoxy) is 1. The second kappa shape index (κ2) is 5.17. The van der Waals surface area contributed by atoms with Crippen LogP contribution in [0.15, 0.2) is 11.8 Å². The van der Waals surface area contributed by atoms with Crippen molar-refractivity contribution in [3.05, 3.63) is 28.6 Å². The first kappa shape index (κ1) is 12.1. The molecule has 4 heteroatoms. The molecule has 0 saturated heterocycles. The van der Waals surface area contributed by atoms with Gasteiger partial charge in [-0.1, -0.05) is 6.92 Å². The van der Waals surface area contributed by atoms with E-state index in [0.717, 1.165) is 23.2 Å². The summed E-state index contributed by atoms with van der Waals surface area (Å²) in [6, 6.07) is 1.83. The minimum Gasteiger partial charge on any atom is -0.465 e. The third-order valence-corrected chi connectivity index (χ3v) is 2.41. The molecule has 1 rings (SSSR count). The molecule has 0 fully saturated rings. The second-order valence-electron chi connectivity index (χ2n) is 3.38. The highest BCUT2D eigenvalue weighted by molar-refractivity contribution is 5.97. The van der Waals surface area contributed by atoms with Crippen LogP contribution in [0.4, 0.5) is 0 Å². The molecule has 1 aromatic rings. The van der Waals surface area contributed by atoms with Crippen molar-refractivity contribution in [2.24, 2.45) is 0 Å². The Morgan fingerprint density at radius 1 is 1.69 bits per heavy atom. The molecular weight excluding hydrogens is 204 g/mol. The minimum absolute atomic E-state index is 0.000880. The zero-order valence-electron chi connectivity index (χ0n) is 9.63. The predicted molar refractivity (Wildman–Crippen MR) is 60.5 cm³/mol. The molecule has 84 valence electrons. The van der Waals surface area contributed by atoms with Gasteiger partial charge in [0.15, 0.2) is 0 Å². The number of nitriles is 1. The largest absolute Gasteiger partial charge is 0.465 e. The third-order valence-electron chi connectivity index (χ3n) is 2.41. The number of rotatable bonds is 3. The summed E-state index contributed by atoms with van der Waals surface area (Å²) in [5, 5.41) is 8.83. The third kappa shape index (κ3) is 2.31. The number of aromatic nitrogens is 1. The molecule has 0 atom stereocenters. The van der Waals surface area contributed by atoms with Gasteiger partial charge in [0.05, 0.1) is 7.11 Å². The minimum atomic E-state index is -0.614. The van der Waals surface area contributed by atoms with Crippen LogP contribution < -0.4 is 0 Å². The van der Waals surface area contributed by atoms with Crippen molar-refractivity contribution in [2.45, 2.75) is 20.3 Å². The summed E-state index contributed by atoms with van der Waals surface area (Å²) in [6.45, 7) is 4.01. The zero-order chi connectivity index (χ0) is 12.1. The van der Waals surface area contributed by atoms with E-state index in [9.17, 15) is 4.79 Å². The highest BCUT2D eigenvalue weighted by atomic mass is 16.5. The van der Waals surface area contributed by atoms with E-state index in [2.05, 4.69) is 9.72 Å². The average molecular weight is 218 g/mol. The Hall–Kier alpha value is -2.02. The molecule has 16 heavy (non-hydrogen) atoms. The molecule has 1 aromatic heterocycles. The van der Waals surface area contributed by atoms with Crippen molar-refractivity contribution in [3.8, 4) is 6.07 Å². The van der Waals surface area contributed by atoms with Crippen molar-refractivity contribution in [1.29, 1.82) is 5.26 Å². The van der Waals surface area contributed by atoms with Crippen molar-refractivity contribution in [1.82, 2.24) is 4.98 Å². The monoisotopic (exact) mass is 218 g/mol. The Morgan fingerprint density at radius 2 is 2.38 bits per heavy atom. The summed E-state index contributed by atoms with van der Waals surface area (Å²) in [5.41, 5.74) is 3.02. The Bertz CT molecular complexity index is 464. The van der Waals surface area contributed by atoms with Crippen LogP contribution in [0.5, 0.6) is 0 Å². The summed E-state index contributed by atoms with van der Waals surface area (Å²) in [5.74, 6) is -0.614. The summed E-state index contributed by atoms with van der Waals surface area (Å²) < 4.78 is 4.51. The number of methoxy groups -OCH3 is 1. The summed E-state index contributed by atoms with van der Waals surface area (Å²) in [6.07, 6.45) is 4.23. The van der Waals surface area contributed by atoms with Crippen LogP contribution in [0.1, 0.15) is 23.7 Å². The summed E-state index contributed by atoms with van der Waals surface area (Å²) in [4.78, 5) is 14.3. The van der Waals surface area contributed by atoms with Gasteiger partial charge in [-0.05, 0) is 30.5 Å². The van der Waals surface area contributed by atoms with Crippen LogP contribution in [0, 0.1) is 18.3 Å². The van der Waals surface area contributed by atoms with Gasteiger partial charge in [0.1, 0.15) is 11.6 Å². The number of hydrogen-bond donors (Lipinski definition) is 1. The molecule has 0 spiro atoms. The van der Waals surface area contributed by atoms with E-state index < -0.39 is 5.97 Å². The Morgan fingerprint density at radius 3 is 2.88 bits per heavy atom. The van der Waals surface area contributed by atoms with Gasteiger partial charge in [-0.2, -0.15) is 5.26 Å². The van der Waals surface area contributed by atoms with Gasteiger partial charge in [0.25, 0.3) is 0 Å². The number of H-pyrrole nitrogens is 1. The lowest BCUT2D eigenvalue weighted by Crippen LogP contribution is -2.03. The average Bonchev–Trinajstić information content (AvgIpc) is 2.65. The fraction of sp³-hybridized carbons (Fsp3) is 0.333. The smallest absolute Gasteiger partial charge is 0.348 e. The molecule has 0 aliphatic rings. The van der Waals surface area contributed by atoms with E-state index in [-0.39, 0.29) is 5.57 Å². The maximum absolute atomic E-state index is 11.2. The molecule has 1 heterocycles. The Kier molecular flexibility index (Phi) is 3.90. The zero-order valence-corrected chi connectivity index (χ0v) is 9.63. The lowest BCUT2D eigenvalue weighted by molar-refractivity contribution is -0.135. The van der Waals surface area contributed by atoms with Crippen molar-refractivity contribution in [3.63, 3.8) is 0 Å². The van der Waals surface area contributed by atoms with Gasteiger partial charge in [-0.3, -0.25) is 0 Å². The van der Waals surface area contributed by atoms with Crippen LogP contribution >= 0.6 is 0 Å². The number of aromatic amines is 1. The van der Waals surface area contributed by atoms with Gasteiger partial charge >= 0.3 is 5.97 Å². The van der Waals surface area contributed by atoms with Gasteiger partial charge in [0, 0.05) is 11.9 Å². The highest BCUT2D eigenvalue weighted by Crippen LogP contribution is 2.17. The van der Waals surface area contributed by atoms with Crippen LogP contribution in [-0.4, -0.2) is 18.1 Å². The highest BCUT2D eigenvalue weighted by Gasteiger charge is 2.11.